The van der Waals surface area contributed by atoms with Gasteiger partial charge in [-0.05, 0) is 24.1 Å². The summed E-state index contributed by atoms with van der Waals surface area (Å²) in [5.41, 5.74) is 4.62. The zero-order valence-corrected chi connectivity index (χ0v) is 10.3. The van der Waals surface area contributed by atoms with Gasteiger partial charge in [-0.15, -0.1) is 0 Å². The summed E-state index contributed by atoms with van der Waals surface area (Å²) < 4.78 is 0. The van der Waals surface area contributed by atoms with Gasteiger partial charge in [0.25, 0.3) is 0 Å². The molecule has 0 spiro atoms. The number of aryl methyl sites for hydroxylation is 1. The third-order valence-corrected chi connectivity index (χ3v) is 3.09. The molecule has 88 valence electrons. The van der Waals surface area contributed by atoms with Gasteiger partial charge in [-0.1, -0.05) is 42.5 Å². The summed E-state index contributed by atoms with van der Waals surface area (Å²) in [4.78, 5) is 8.75. The number of nitrogens with zero attached hydrogens (tertiary/aromatic N) is 2. The van der Waals surface area contributed by atoms with Crippen LogP contribution in [0.15, 0.2) is 54.9 Å². The van der Waals surface area contributed by atoms with Gasteiger partial charge in [0.05, 0.1) is 11.2 Å². The van der Waals surface area contributed by atoms with Crippen LogP contribution in [0.25, 0.3) is 10.9 Å². The molecule has 1 heterocycles. The van der Waals surface area contributed by atoms with E-state index in [-0.39, 0.29) is 0 Å². The summed E-state index contributed by atoms with van der Waals surface area (Å²) in [6, 6.07) is 16.7. The lowest BCUT2D eigenvalue weighted by Crippen LogP contribution is -1.95. The molecule has 0 radical (unpaired) electrons. The summed E-state index contributed by atoms with van der Waals surface area (Å²) in [7, 11) is 0. The van der Waals surface area contributed by atoms with Crippen LogP contribution >= 0.6 is 0 Å². The van der Waals surface area contributed by atoms with E-state index in [2.05, 4.69) is 59.4 Å². The van der Waals surface area contributed by atoms with E-state index in [1.807, 2.05) is 6.07 Å². The second kappa shape index (κ2) is 4.57. The maximum atomic E-state index is 4.42. The lowest BCUT2D eigenvalue weighted by Gasteiger charge is -2.05. The Morgan fingerprint density at radius 3 is 2.61 bits per heavy atom. The predicted molar refractivity (Wildman–Crippen MR) is 73.5 cm³/mol. The van der Waals surface area contributed by atoms with Crippen molar-refractivity contribution in [2.45, 2.75) is 13.3 Å². The summed E-state index contributed by atoms with van der Waals surface area (Å²) >= 11 is 0. The number of hydrogen-bond donors (Lipinski definition) is 0. The van der Waals surface area contributed by atoms with Crippen LogP contribution in [0.4, 0.5) is 0 Å². The normalized spacial score (nSPS) is 10.7. The molecule has 2 aromatic carbocycles. The van der Waals surface area contributed by atoms with Crippen molar-refractivity contribution in [2.24, 2.45) is 0 Å². The van der Waals surface area contributed by atoms with Crippen molar-refractivity contribution in [3.05, 3.63) is 71.7 Å². The number of hydrogen-bond acceptors (Lipinski definition) is 2. The minimum Gasteiger partial charge on any atom is -0.240 e. The molecule has 0 aliphatic rings. The van der Waals surface area contributed by atoms with Gasteiger partial charge in [0.15, 0.2) is 0 Å². The molecule has 0 fully saturated rings. The highest BCUT2D eigenvalue weighted by Crippen LogP contribution is 2.18. The fourth-order valence-corrected chi connectivity index (χ4v) is 2.15. The van der Waals surface area contributed by atoms with Gasteiger partial charge in [-0.3, -0.25) is 0 Å². The van der Waals surface area contributed by atoms with E-state index in [9.17, 15) is 0 Å². The Balaban J connectivity index is 2.07. The molecule has 0 aliphatic carbocycles. The topological polar surface area (TPSA) is 25.8 Å². The largest absolute Gasteiger partial charge is 0.240 e. The van der Waals surface area contributed by atoms with E-state index in [0.29, 0.717) is 0 Å². The molecule has 0 saturated heterocycles. The molecule has 0 N–H and O–H groups in total. The van der Waals surface area contributed by atoms with Crippen molar-refractivity contribution in [1.82, 2.24) is 9.97 Å². The van der Waals surface area contributed by atoms with Crippen molar-refractivity contribution in [2.75, 3.05) is 0 Å². The standard InChI is InChI=1S/C16H14N2/c1-12-7-8-14-15(9-12)17-11-18-16(14)10-13-5-3-2-4-6-13/h2-9,11H,10H2,1H3. The summed E-state index contributed by atoms with van der Waals surface area (Å²) in [6.45, 7) is 2.08. The first kappa shape index (κ1) is 10.9. The van der Waals surface area contributed by atoms with Gasteiger partial charge >= 0.3 is 0 Å². The Kier molecular flexibility index (Phi) is 2.77. The Morgan fingerprint density at radius 2 is 1.78 bits per heavy atom. The molecule has 0 aliphatic heterocycles. The average molecular weight is 234 g/mol. The lowest BCUT2D eigenvalue weighted by molar-refractivity contribution is 1.06. The first-order chi connectivity index (χ1) is 8.83. The van der Waals surface area contributed by atoms with Gasteiger partial charge in [-0.2, -0.15) is 0 Å². The Hall–Kier alpha value is -2.22. The van der Waals surface area contributed by atoms with Crippen molar-refractivity contribution in [1.29, 1.82) is 0 Å². The highest BCUT2D eigenvalue weighted by molar-refractivity contribution is 5.81. The van der Waals surface area contributed by atoms with Gasteiger partial charge < -0.3 is 0 Å². The molecule has 2 nitrogen and oxygen atoms in total. The lowest BCUT2D eigenvalue weighted by atomic mass is 10.0. The van der Waals surface area contributed by atoms with Gasteiger partial charge in [0.2, 0.25) is 0 Å². The monoisotopic (exact) mass is 234 g/mol. The van der Waals surface area contributed by atoms with E-state index in [1.54, 1.807) is 6.33 Å². The number of rotatable bonds is 2. The van der Waals surface area contributed by atoms with Crippen molar-refractivity contribution < 1.29 is 0 Å². The Labute approximate surface area is 106 Å². The first-order valence-corrected chi connectivity index (χ1v) is 6.07. The molecular weight excluding hydrogens is 220 g/mol. The van der Waals surface area contributed by atoms with E-state index in [0.717, 1.165) is 23.0 Å². The summed E-state index contributed by atoms with van der Waals surface area (Å²) in [6.07, 6.45) is 2.50. The summed E-state index contributed by atoms with van der Waals surface area (Å²) in [5.74, 6) is 0. The Morgan fingerprint density at radius 1 is 0.944 bits per heavy atom. The van der Waals surface area contributed by atoms with Crippen molar-refractivity contribution in [3.63, 3.8) is 0 Å². The van der Waals surface area contributed by atoms with Crippen LogP contribution in [0.5, 0.6) is 0 Å². The highest BCUT2D eigenvalue weighted by atomic mass is 14.8. The SMILES string of the molecule is Cc1ccc2c(Cc3ccccc3)ncnc2c1. The van der Waals surface area contributed by atoms with Crippen molar-refractivity contribution in [3.8, 4) is 0 Å². The fourth-order valence-electron chi connectivity index (χ4n) is 2.15. The highest BCUT2D eigenvalue weighted by Gasteiger charge is 2.04. The fraction of sp³-hybridized carbons (Fsp3) is 0.125. The van der Waals surface area contributed by atoms with E-state index < -0.39 is 0 Å². The first-order valence-electron chi connectivity index (χ1n) is 6.07. The van der Waals surface area contributed by atoms with Gasteiger partial charge in [-0.25, -0.2) is 9.97 Å². The molecule has 3 aromatic rings. The molecule has 0 amide bonds. The third-order valence-electron chi connectivity index (χ3n) is 3.09. The minimum atomic E-state index is 0.850. The molecule has 1 aromatic heterocycles. The number of benzene rings is 2. The van der Waals surface area contributed by atoms with Crippen LogP contribution in [-0.2, 0) is 6.42 Å². The maximum absolute atomic E-state index is 4.42. The molecule has 18 heavy (non-hydrogen) atoms. The van der Waals surface area contributed by atoms with Crippen LogP contribution in [-0.4, -0.2) is 9.97 Å². The zero-order valence-electron chi connectivity index (χ0n) is 10.3. The molecule has 0 saturated carbocycles. The van der Waals surface area contributed by atoms with Crippen LogP contribution in [0.3, 0.4) is 0 Å². The quantitative estimate of drug-likeness (QED) is 0.678. The maximum Gasteiger partial charge on any atom is 0.116 e. The zero-order chi connectivity index (χ0) is 12.4. The minimum absolute atomic E-state index is 0.850. The van der Waals surface area contributed by atoms with Crippen LogP contribution in [0.2, 0.25) is 0 Å². The molecular formula is C16H14N2. The van der Waals surface area contributed by atoms with E-state index in [1.165, 1.54) is 11.1 Å². The van der Waals surface area contributed by atoms with Gasteiger partial charge in [0, 0.05) is 11.8 Å². The predicted octanol–water partition coefficient (Wildman–Crippen LogP) is 3.53. The molecule has 0 atom stereocenters. The van der Waals surface area contributed by atoms with Gasteiger partial charge in [0.1, 0.15) is 6.33 Å². The molecule has 0 unspecified atom stereocenters. The van der Waals surface area contributed by atoms with Crippen LogP contribution in [0, 0.1) is 6.92 Å². The average Bonchev–Trinajstić information content (AvgIpc) is 2.40. The summed E-state index contributed by atoms with van der Waals surface area (Å²) in [5, 5.41) is 1.15. The van der Waals surface area contributed by atoms with E-state index in [4.69, 9.17) is 0 Å². The molecule has 3 rings (SSSR count). The second-order valence-electron chi connectivity index (χ2n) is 4.50. The number of fused-ring (bicyclic) bond motifs is 1. The third kappa shape index (κ3) is 2.09. The van der Waals surface area contributed by atoms with Crippen LogP contribution < -0.4 is 0 Å². The smallest absolute Gasteiger partial charge is 0.116 e. The van der Waals surface area contributed by atoms with Crippen LogP contribution in [0.1, 0.15) is 16.8 Å². The molecule has 2 heteroatoms. The Bertz CT molecular complexity index is 675. The second-order valence-corrected chi connectivity index (χ2v) is 4.50. The van der Waals surface area contributed by atoms with E-state index >= 15 is 0 Å². The van der Waals surface area contributed by atoms with Crippen molar-refractivity contribution >= 4 is 10.9 Å². The molecule has 0 bridgehead atoms. The number of aromatic nitrogens is 2.